The third-order valence-corrected chi connectivity index (χ3v) is 3.51. The third kappa shape index (κ3) is 7.26. The van der Waals surface area contributed by atoms with Gasteiger partial charge in [0.25, 0.3) is 0 Å². The van der Waals surface area contributed by atoms with E-state index in [0.717, 1.165) is 13.0 Å². The summed E-state index contributed by atoms with van der Waals surface area (Å²) in [4.78, 5) is 15.8. The lowest BCUT2D eigenvalue weighted by Gasteiger charge is -2.15. The molecule has 2 amide bonds. The van der Waals surface area contributed by atoms with Gasteiger partial charge >= 0.3 is 18.4 Å². The van der Waals surface area contributed by atoms with Crippen LogP contribution in [0.5, 0.6) is 0 Å². The van der Waals surface area contributed by atoms with Gasteiger partial charge in [-0.15, -0.1) is 0 Å². The Hall–Kier alpha value is -2.62. The third-order valence-electron chi connectivity index (χ3n) is 3.51. The van der Waals surface area contributed by atoms with Gasteiger partial charge in [0.15, 0.2) is 0 Å². The van der Waals surface area contributed by atoms with Crippen LogP contribution in [0.25, 0.3) is 0 Å². The molecule has 0 spiro atoms. The van der Waals surface area contributed by atoms with Crippen LogP contribution in [0, 0.1) is 0 Å². The van der Waals surface area contributed by atoms with Crippen molar-refractivity contribution in [1.82, 2.24) is 14.9 Å². The van der Waals surface area contributed by atoms with Gasteiger partial charge in [-0.05, 0) is 24.1 Å². The molecule has 0 bridgehead atoms. The second kappa shape index (κ2) is 9.91. The fraction of sp³-hybridized carbons (Fsp3) is 0.412. The molecule has 2 rings (SSSR count). The molecule has 0 saturated heterocycles. The molecule has 0 unspecified atom stereocenters. The minimum Gasteiger partial charge on any atom is -0.370 e. The molecule has 1 aromatic carbocycles. The van der Waals surface area contributed by atoms with Crippen LogP contribution in [-0.4, -0.2) is 41.1 Å². The number of alkyl halides is 4. The van der Waals surface area contributed by atoms with Crippen LogP contribution in [0.3, 0.4) is 0 Å². The summed E-state index contributed by atoms with van der Waals surface area (Å²) in [5, 5.41) is 5.30. The number of ether oxygens (including phenoxy) is 1. The number of hydrogen-bond donors (Lipinski definition) is 2. The zero-order valence-corrected chi connectivity index (χ0v) is 14.4. The maximum atomic E-state index is 12.8. The summed E-state index contributed by atoms with van der Waals surface area (Å²) >= 11 is 0. The van der Waals surface area contributed by atoms with E-state index in [4.69, 9.17) is 0 Å². The second-order valence-electron chi connectivity index (χ2n) is 5.79. The van der Waals surface area contributed by atoms with Crippen LogP contribution in [0.4, 0.5) is 28.0 Å². The number of imidazole rings is 1. The summed E-state index contributed by atoms with van der Waals surface area (Å²) in [6.07, 6.45) is 2.12. The molecule has 2 aromatic rings. The summed E-state index contributed by atoms with van der Waals surface area (Å²) < 4.78 is 56.3. The van der Waals surface area contributed by atoms with Gasteiger partial charge in [-0.3, -0.25) is 0 Å². The molecule has 0 atom stereocenters. The highest BCUT2D eigenvalue weighted by molar-refractivity contribution is 5.89. The number of nitrogens with one attached hydrogen (secondary N) is 2. The smallest absolute Gasteiger partial charge is 0.330 e. The maximum absolute atomic E-state index is 12.8. The van der Waals surface area contributed by atoms with E-state index in [-0.39, 0.29) is 6.61 Å². The minimum absolute atomic E-state index is 0.273. The van der Waals surface area contributed by atoms with Crippen molar-refractivity contribution in [3.05, 3.63) is 48.5 Å². The number of rotatable bonds is 10. The highest BCUT2D eigenvalue weighted by Gasteiger charge is 2.40. The average molecular weight is 388 g/mol. The van der Waals surface area contributed by atoms with Crippen LogP contribution < -0.4 is 10.6 Å². The minimum atomic E-state index is -4.19. The Bertz CT molecular complexity index is 711. The largest absolute Gasteiger partial charge is 0.370 e. The Morgan fingerprint density at radius 1 is 1.33 bits per heavy atom. The molecular weight excluding hydrogens is 368 g/mol. The van der Waals surface area contributed by atoms with E-state index in [1.54, 1.807) is 30.7 Å². The first-order valence-electron chi connectivity index (χ1n) is 8.20. The molecule has 27 heavy (non-hydrogen) atoms. The average Bonchev–Trinajstić information content (AvgIpc) is 3.12. The number of aryl methyl sites for hydroxylation is 1. The van der Waals surface area contributed by atoms with E-state index >= 15 is 0 Å². The number of hydrogen-bond acceptors (Lipinski definition) is 3. The van der Waals surface area contributed by atoms with Crippen molar-refractivity contribution in [3.8, 4) is 0 Å². The zero-order chi connectivity index (χ0) is 19.7. The molecule has 2 N–H and O–H groups in total. The Morgan fingerprint density at radius 2 is 2.15 bits per heavy atom. The van der Waals surface area contributed by atoms with Gasteiger partial charge in [0.05, 0.1) is 12.9 Å². The molecule has 0 radical (unpaired) electrons. The van der Waals surface area contributed by atoms with E-state index < -0.39 is 25.0 Å². The molecule has 0 aliphatic rings. The van der Waals surface area contributed by atoms with Gasteiger partial charge in [-0.1, -0.05) is 12.1 Å². The fourth-order valence-electron chi connectivity index (χ4n) is 2.16. The number of amides is 2. The Morgan fingerprint density at radius 3 is 2.85 bits per heavy atom. The number of benzene rings is 1. The van der Waals surface area contributed by atoms with Gasteiger partial charge in [0.2, 0.25) is 0 Å². The molecule has 10 heteroatoms. The molecule has 0 aliphatic carbocycles. The first-order chi connectivity index (χ1) is 12.9. The van der Waals surface area contributed by atoms with Crippen molar-refractivity contribution >= 4 is 11.7 Å². The highest BCUT2D eigenvalue weighted by Crippen LogP contribution is 2.23. The van der Waals surface area contributed by atoms with Crippen molar-refractivity contribution in [1.29, 1.82) is 0 Å². The second-order valence-corrected chi connectivity index (χ2v) is 5.79. The van der Waals surface area contributed by atoms with Crippen LogP contribution in [0.1, 0.15) is 12.0 Å². The van der Waals surface area contributed by atoms with E-state index in [0.29, 0.717) is 17.8 Å². The number of anilines is 1. The first-order valence-corrected chi connectivity index (χ1v) is 8.20. The van der Waals surface area contributed by atoms with Crippen LogP contribution in [0.2, 0.25) is 0 Å². The summed E-state index contributed by atoms with van der Waals surface area (Å²) in [6, 6.07) is 5.89. The molecule has 6 nitrogen and oxygen atoms in total. The van der Waals surface area contributed by atoms with Crippen LogP contribution in [0.15, 0.2) is 43.0 Å². The fourth-order valence-corrected chi connectivity index (χ4v) is 2.16. The molecule has 1 heterocycles. The summed E-state index contributed by atoms with van der Waals surface area (Å²) in [6.45, 7) is -0.476. The lowest BCUT2D eigenvalue weighted by Crippen LogP contribution is -2.32. The van der Waals surface area contributed by atoms with Gasteiger partial charge in [0, 0.05) is 31.2 Å². The predicted molar refractivity (Wildman–Crippen MR) is 90.9 cm³/mol. The Labute approximate surface area is 153 Å². The molecule has 148 valence electrons. The molecular formula is C17H20F4N4O2. The Balaban J connectivity index is 1.71. The van der Waals surface area contributed by atoms with E-state index in [2.05, 4.69) is 20.4 Å². The van der Waals surface area contributed by atoms with E-state index in [9.17, 15) is 22.4 Å². The molecule has 1 aromatic heterocycles. The lowest BCUT2D eigenvalue weighted by molar-refractivity contribution is -0.168. The number of aromatic nitrogens is 2. The van der Waals surface area contributed by atoms with Crippen molar-refractivity contribution in [2.75, 3.05) is 18.5 Å². The van der Waals surface area contributed by atoms with E-state index in [1.165, 1.54) is 6.07 Å². The summed E-state index contributed by atoms with van der Waals surface area (Å²) in [5.74, 6) is -4.19. The monoisotopic (exact) mass is 388 g/mol. The number of carbonyl (C=O) groups is 1. The molecule has 0 saturated carbocycles. The molecule has 0 fully saturated rings. The van der Waals surface area contributed by atoms with Crippen LogP contribution in [-0.2, 0) is 17.9 Å². The standard InChI is InChI=1S/C17H20F4N4O2/c18-15(19)17(20,21)11-27-10-13-3-1-4-14(9-13)24-16(26)23-5-2-7-25-8-6-22-12-25/h1,3-4,6,8-9,12,15H,2,5,7,10-11H2,(H2,23,24,26). The number of carbonyl (C=O) groups excluding carboxylic acids is 1. The van der Waals surface area contributed by atoms with Crippen molar-refractivity contribution in [3.63, 3.8) is 0 Å². The number of nitrogens with zero attached hydrogens (tertiary/aromatic N) is 2. The maximum Gasteiger partial charge on any atom is 0.330 e. The van der Waals surface area contributed by atoms with Crippen LogP contribution >= 0.6 is 0 Å². The lowest BCUT2D eigenvalue weighted by atomic mass is 10.2. The van der Waals surface area contributed by atoms with Crippen molar-refractivity contribution in [2.24, 2.45) is 0 Å². The SMILES string of the molecule is O=C(NCCCn1ccnc1)Nc1cccc(COCC(F)(F)C(F)F)c1. The Kier molecular flexibility index (Phi) is 7.59. The summed E-state index contributed by atoms with van der Waals surface area (Å²) in [5.41, 5.74) is 0.904. The summed E-state index contributed by atoms with van der Waals surface area (Å²) in [7, 11) is 0. The van der Waals surface area contributed by atoms with Gasteiger partial charge in [0.1, 0.15) is 6.61 Å². The van der Waals surface area contributed by atoms with E-state index in [1.807, 2.05) is 10.8 Å². The first kappa shape index (κ1) is 20.7. The molecule has 0 aliphatic heterocycles. The normalized spacial score (nSPS) is 11.6. The van der Waals surface area contributed by atoms with Crippen molar-refractivity contribution in [2.45, 2.75) is 31.9 Å². The van der Waals surface area contributed by atoms with Gasteiger partial charge < -0.3 is 19.9 Å². The highest BCUT2D eigenvalue weighted by atomic mass is 19.3. The quantitative estimate of drug-likeness (QED) is 0.484. The van der Waals surface area contributed by atoms with Crippen molar-refractivity contribution < 1.29 is 27.1 Å². The van der Waals surface area contributed by atoms with Gasteiger partial charge in [-0.2, -0.15) is 8.78 Å². The van der Waals surface area contributed by atoms with Gasteiger partial charge in [-0.25, -0.2) is 18.6 Å². The number of urea groups is 1. The topological polar surface area (TPSA) is 68.2 Å². The number of halogens is 4. The zero-order valence-electron chi connectivity index (χ0n) is 14.4. The predicted octanol–water partition coefficient (Wildman–Crippen LogP) is 3.51.